The first kappa shape index (κ1) is 10.5. The molecule has 0 radical (unpaired) electrons. The third-order valence-corrected chi connectivity index (χ3v) is 2.69. The lowest BCUT2D eigenvalue weighted by atomic mass is 9.93. The summed E-state index contributed by atoms with van der Waals surface area (Å²) in [5.41, 5.74) is -0.748. The highest BCUT2D eigenvalue weighted by atomic mass is 16.3. The Hall–Kier alpha value is -0.590. The lowest BCUT2D eigenvalue weighted by Crippen LogP contribution is -2.50. The van der Waals surface area contributed by atoms with E-state index < -0.39 is 5.54 Å². The molecule has 13 heavy (non-hydrogen) atoms. The van der Waals surface area contributed by atoms with E-state index in [1.54, 1.807) is 6.92 Å². The Morgan fingerprint density at radius 3 is 2.54 bits per heavy atom. The molecule has 0 spiro atoms. The summed E-state index contributed by atoms with van der Waals surface area (Å²) in [5.74, 6) is 0. The minimum absolute atomic E-state index is 0.111. The van der Waals surface area contributed by atoms with Crippen molar-refractivity contribution >= 4 is 0 Å². The Kier molecular flexibility index (Phi) is 3.71. The average molecular weight is 182 g/mol. The van der Waals surface area contributed by atoms with Crippen LogP contribution in [0, 0.1) is 11.3 Å². The molecule has 1 saturated carbocycles. The second kappa shape index (κ2) is 4.59. The van der Waals surface area contributed by atoms with Gasteiger partial charge in [0.25, 0.3) is 0 Å². The van der Waals surface area contributed by atoms with Gasteiger partial charge in [-0.25, -0.2) is 0 Å². The van der Waals surface area contributed by atoms with Crippen molar-refractivity contribution in [3.05, 3.63) is 0 Å². The SMILES string of the molecule is CC(C#N)(CO)NC1CCCCC1. The van der Waals surface area contributed by atoms with Crippen LogP contribution in [0.1, 0.15) is 39.0 Å². The van der Waals surface area contributed by atoms with Gasteiger partial charge >= 0.3 is 0 Å². The number of hydrogen-bond acceptors (Lipinski definition) is 3. The van der Waals surface area contributed by atoms with Crippen molar-refractivity contribution in [2.75, 3.05) is 6.61 Å². The second-order valence-corrected chi connectivity index (χ2v) is 4.08. The number of nitrogens with zero attached hydrogens (tertiary/aromatic N) is 1. The van der Waals surface area contributed by atoms with E-state index >= 15 is 0 Å². The van der Waals surface area contributed by atoms with Gasteiger partial charge in [0, 0.05) is 6.04 Å². The van der Waals surface area contributed by atoms with E-state index in [1.807, 2.05) is 0 Å². The fourth-order valence-electron chi connectivity index (χ4n) is 1.81. The highest BCUT2D eigenvalue weighted by Gasteiger charge is 2.26. The summed E-state index contributed by atoms with van der Waals surface area (Å²) in [6.45, 7) is 1.64. The molecule has 0 aliphatic heterocycles. The number of nitriles is 1. The van der Waals surface area contributed by atoms with E-state index in [1.165, 1.54) is 19.3 Å². The molecule has 0 amide bonds. The Labute approximate surface area is 79.8 Å². The number of rotatable bonds is 3. The predicted octanol–water partition coefficient (Wildman–Crippen LogP) is 1.18. The third-order valence-electron chi connectivity index (χ3n) is 2.69. The highest BCUT2D eigenvalue weighted by molar-refractivity contribution is 5.05. The van der Waals surface area contributed by atoms with Crippen LogP contribution in [0.2, 0.25) is 0 Å². The van der Waals surface area contributed by atoms with Crippen LogP contribution in [-0.2, 0) is 0 Å². The molecule has 0 bridgehead atoms. The van der Waals surface area contributed by atoms with E-state index in [0.29, 0.717) is 6.04 Å². The van der Waals surface area contributed by atoms with Gasteiger partial charge in [-0.3, -0.25) is 5.32 Å². The zero-order chi connectivity index (χ0) is 9.73. The molecule has 1 aliphatic rings. The quantitative estimate of drug-likeness (QED) is 0.689. The largest absolute Gasteiger partial charge is 0.393 e. The number of aliphatic hydroxyl groups excluding tert-OH is 1. The van der Waals surface area contributed by atoms with Gasteiger partial charge in [0.15, 0.2) is 0 Å². The first-order valence-corrected chi connectivity index (χ1v) is 5.00. The van der Waals surface area contributed by atoms with Gasteiger partial charge in [-0.2, -0.15) is 5.26 Å². The minimum atomic E-state index is -0.748. The van der Waals surface area contributed by atoms with Crippen LogP contribution in [0.5, 0.6) is 0 Å². The zero-order valence-electron chi connectivity index (χ0n) is 8.21. The maximum Gasteiger partial charge on any atom is 0.127 e. The minimum Gasteiger partial charge on any atom is -0.393 e. The van der Waals surface area contributed by atoms with Crippen molar-refractivity contribution < 1.29 is 5.11 Å². The lowest BCUT2D eigenvalue weighted by Gasteiger charge is -2.30. The average Bonchev–Trinajstić information content (AvgIpc) is 2.19. The van der Waals surface area contributed by atoms with E-state index in [4.69, 9.17) is 10.4 Å². The van der Waals surface area contributed by atoms with Gasteiger partial charge in [0.2, 0.25) is 0 Å². The first-order valence-electron chi connectivity index (χ1n) is 5.00. The van der Waals surface area contributed by atoms with Gasteiger partial charge in [0.05, 0.1) is 12.7 Å². The van der Waals surface area contributed by atoms with E-state index in [2.05, 4.69) is 11.4 Å². The summed E-state index contributed by atoms with van der Waals surface area (Å²) >= 11 is 0. The van der Waals surface area contributed by atoms with Gasteiger partial charge < -0.3 is 5.11 Å². The van der Waals surface area contributed by atoms with E-state index in [-0.39, 0.29) is 6.61 Å². The summed E-state index contributed by atoms with van der Waals surface area (Å²) in [5, 5.41) is 21.1. The predicted molar refractivity (Wildman–Crippen MR) is 51.1 cm³/mol. The molecule has 1 unspecified atom stereocenters. The van der Waals surface area contributed by atoms with E-state index in [9.17, 15) is 0 Å². The summed E-state index contributed by atoms with van der Waals surface area (Å²) in [6, 6.07) is 2.54. The van der Waals surface area contributed by atoms with Crippen LogP contribution in [0.3, 0.4) is 0 Å². The Morgan fingerprint density at radius 1 is 1.46 bits per heavy atom. The normalized spacial score (nSPS) is 23.5. The molecule has 3 heteroatoms. The van der Waals surface area contributed by atoms with E-state index in [0.717, 1.165) is 12.8 Å². The number of aliphatic hydroxyl groups is 1. The molecule has 1 aliphatic carbocycles. The van der Waals surface area contributed by atoms with Crippen molar-refractivity contribution in [3.8, 4) is 6.07 Å². The molecule has 0 aromatic heterocycles. The third kappa shape index (κ3) is 2.98. The van der Waals surface area contributed by atoms with Crippen molar-refractivity contribution in [1.82, 2.24) is 5.32 Å². The molecule has 0 aromatic rings. The monoisotopic (exact) mass is 182 g/mol. The van der Waals surface area contributed by atoms with Crippen LogP contribution in [-0.4, -0.2) is 23.3 Å². The second-order valence-electron chi connectivity index (χ2n) is 4.08. The van der Waals surface area contributed by atoms with Crippen LogP contribution in [0.15, 0.2) is 0 Å². The van der Waals surface area contributed by atoms with Crippen molar-refractivity contribution in [2.45, 2.75) is 50.6 Å². The van der Waals surface area contributed by atoms with Crippen LogP contribution >= 0.6 is 0 Å². The molecule has 0 heterocycles. The van der Waals surface area contributed by atoms with Crippen molar-refractivity contribution in [2.24, 2.45) is 0 Å². The number of nitrogens with one attached hydrogen (secondary N) is 1. The van der Waals surface area contributed by atoms with Crippen molar-refractivity contribution in [3.63, 3.8) is 0 Å². The van der Waals surface area contributed by atoms with Crippen molar-refractivity contribution in [1.29, 1.82) is 5.26 Å². The Balaban J connectivity index is 2.41. The smallest absolute Gasteiger partial charge is 0.127 e. The van der Waals surface area contributed by atoms with Gasteiger partial charge in [-0.05, 0) is 19.8 Å². The molecule has 0 saturated heterocycles. The molecule has 1 atom stereocenters. The fourth-order valence-corrected chi connectivity index (χ4v) is 1.81. The summed E-state index contributed by atoms with van der Waals surface area (Å²) < 4.78 is 0. The molecule has 0 aromatic carbocycles. The molecule has 1 fully saturated rings. The summed E-state index contributed by atoms with van der Waals surface area (Å²) in [6.07, 6.45) is 6.06. The molecule has 1 rings (SSSR count). The fraction of sp³-hybridized carbons (Fsp3) is 0.900. The molecule has 74 valence electrons. The Morgan fingerprint density at radius 2 is 2.08 bits per heavy atom. The topological polar surface area (TPSA) is 56.0 Å². The van der Waals surface area contributed by atoms with Crippen LogP contribution in [0.4, 0.5) is 0 Å². The first-order chi connectivity index (χ1) is 6.20. The van der Waals surface area contributed by atoms with Gasteiger partial charge in [-0.15, -0.1) is 0 Å². The summed E-state index contributed by atoms with van der Waals surface area (Å²) in [4.78, 5) is 0. The zero-order valence-corrected chi connectivity index (χ0v) is 8.21. The lowest BCUT2D eigenvalue weighted by molar-refractivity contribution is 0.189. The number of hydrogen-bond donors (Lipinski definition) is 2. The standard InChI is InChI=1S/C10H18N2O/c1-10(7-11,8-13)12-9-5-3-2-4-6-9/h9,12-13H,2-6,8H2,1H3. The van der Waals surface area contributed by atoms with Crippen LogP contribution in [0.25, 0.3) is 0 Å². The molecule has 3 nitrogen and oxygen atoms in total. The maximum atomic E-state index is 9.03. The van der Waals surface area contributed by atoms with Crippen LogP contribution < -0.4 is 5.32 Å². The molecular formula is C10H18N2O. The summed E-state index contributed by atoms with van der Waals surface area (Å²) in [7, 11) is 0. The van der Waals surface area contributed by atoms with Gasteiger partial charge in [0.1, 0.15) is 5.54 Å². The van der Waals surface area contributed by atoms with Gasteiger partial charge in [-0.1, -0.05) is 19.3 Å². The maximum absolute atomic E-state index is 9.03. The Bertz CT molecular complexity index is 194. The highest BCUT2D eigenvalue weighted by Crippen LogP contribution is 2.19. The molecule has 2 N–H and O–H groups in total. The molecular weight excluding hydrogens is 164 g/mol.